The van der Waals surface area contributed by atoms with Gasteiger partial charge in [0.25, 0.3) is 0 Å². The number of rotatable bonds is 7. The Morgan fingerprint density at radius 1 is 0.857 bits per heavy atom. The second kappa shape index (κ2) is 10.2. The molecule has 0 heterocycles. The van der Waals surface area contributed by atoms with Crippen molar-refractivity contribution in [2.24, 2.45) is 0 Å². The van der Waals surface area contributed by atoms with Crippen molar-refractivity contribution in [3.63, 3.8) is 0 Å². The predicted molar refractivity (Wildman–Crippen MR) is 117 cm³/mol. The quantitative estimate of drug-likeness (QED) is 0.589. The third-order valence-corrected chi connectivity index (χ3v) is 4.26. The highest BCUT2D eigenvalue weighted by Crippen LogP contribution is 2.17. The summed E-state index contributed by atoms with van der Waals surface area (Å²) in [7, 11) is 0. The Balaban J connectivity index is 1.46. The van der Waals surface area contributed by atoms with E-state index in [4.69, 9.17) is 17.0 Å². The summed E-state index contributed by atoms with van der Waals surface area (Å²) in [6, 6.07) is 27.3. The van der Waals surface area contributed by atoms with Gasteiger partial charge >= 0.3 is 0 Å². The van der Waals surface area contributed by atoms with E-state index in [1.807, 2.05) is 72.8 Å². The fourth-order valence-corrected chi connectivity index (χ4v) is 2.94. The molecule has 0 unspecified atom stereocenters. The van der Waals surface area contributed by atoms with Crippen molar-refractivity contribution in [1.29, 1.82) is 0 Å². The van der Waals surface area contributed by atoms with Gasteiger partial charge in [-0.2, -0.15) is 0 Å². The van der Waals surface area contributed by atoms with Crippen LogP contribution < -0.4 is 15.4 Å². The van der Waals surface area contributed by atoms with Crippen molar-refractivity contribution >= 4 is 28.9 Å². The zero-order chi connectivity index (χ0) is 19.6. The molecule has 0 fully saturated rings. The van der Waals surface area contributed by atoms with Gasteiger partial charge in [-0.15, -0.1) is 0 Å². The molecular weight excluding hydrogens is 368 g/mol. The molecule has 0 aliphatic heterocycles. The van der Waals surface area contributed by atoms with E-state index in [-0.39, 0.29) is 17.4 Å². The first-order chi connectivity index (χ1) is 13.7. The number of nitrogens with one attached hydrogen (secondary N) is 2. The fraction of sp³-hybridized carbons (Fsp3) is 0.130. The number of amides is 1. The van der Waals surface area contributed by atoms with Gasteiger partial charge in [-0.25, -0.2) is 0 Å². The molecule has 0 aliphatic rings. The highest BCUT2D eigenvalue weighted by Gasteiger charge is 2.06. The Bertz CT molecular complexity index is 914. The molecule has 1 amide bonds. The lowest BCUT2D eigenvalue weighted by Crippen LogP contribution is -2.35. The molecule has 0 bridgehead atoms. The molecule has 4 nitrogen and oxygen atoms in total. The zero-order valence-corrected chi connectivity index (χ0v) is 16.2. The monoisotopic (exact) mass is 390 g/mol. The lowest BCUT2D eigenvalue weighted by Gasteiger charge is -2.11. The van der Waals surface area contributed by atoms with Crippen LogP contribution >= 0.6 is 12.2 Å². The minimum Gasteiger partial charge on any atom is -0.493 e. The number of hydrogen-bond acceptors (Lipinski definition) is 3. The summed E-state index contributed by atoms with van der Waals surface area (Å²) in [4.78, 5) is 12.1. The first-order valence-corrected chi connectivity index (χ1v) is 9.51. The van der Waals surface area contributed by atoms with Crippen LogP contribution in [0.25, 0.3) is 0 Å². The molecule has 3 rings (SSSR count). The second-order valence-electron chi connectivity index (χ2n) is 6.28. The normalized spacial score (nSPS) is 10.1. The summed E-state index contributed by atoms with van der Waals surface area (Å²) in [5.41, 5.74) is 2.94. The lowest BCUT2D eigenvalue weighted by molar-refractivity contribution is -0.119. The van der Waals surface area contributed by atoms with Crippen molar-refractivity contribution in [3.05, 3.63) is 96.1 Å². The van der Waals surface area contributed by atoms with Crippen molar-refractivity contribution in [2.75, 3.05) is 11.9 Å². The Hall–Kier alpha value is -3.18. The van der Waals surface area contributed by atoms with E-state index in [2.05, 4.69) is 22.8 Å². The van der Waals surface area contributed by atoms with Crippen LogP contribution in [0, 0.1) is 0 Å². The Morgan fingerprint density at radius 2 is 1.54 bits per heavy atom. The third-order valence-electron chi connectivity index (χ3n) is 4.05. The molecule has 0 spiro atoms. The molecule has 28 heavy (non-hydrogen) atoms. The van der Waals surface area contributed by atoms with Gasteiger partial charge in [0.1, 0.15) is 5.75 Å². The van der Waals surface area contributed by atoms with Crippen molar-refractivity contribution < 1.29 is 9.53 Å². The van der Waals surface area contributed by atoms with E-state index in [1.165, 1.54) is 5.56 Å². The maximum absolute atomic E-state index is 12.1. The highest BCUT2D eigenvalue weighted by atomic mass is 32.1. The molecule has 142 valence electrons. The first-order valence-electron chi connectivity index (χ1n) is 9.10. The van der Waals surface area contributed by atoms with Crippen LogP contribution in [0.1, 0.15) is 11.1 Å². The Kier molecular flexibility index (Phi) is 7.15. The summed E-state index contributed by atoms with van der Waals surface area (Å²) in [6.45, 7) is 0.589. The largest absolute Gasteiger partial charge is 0.493 e. The topological polar surface area (TPSA) is 50.4 Å². The smallest absolute Gasteiger partial charge is 0.230 e. The maximum atomic E-state index is 12.1. The number of carbonyl (C=O) groups excluding carboxylic acids is 1. The van der Waals surface area contributed by atoms with Gasteiger partial charge in [-0.3, -0.25) is 4.79 Å². The molecule has 0 radical (unpaired) electrons. The van der Waals surface area contributed by atoms with Crippen LogP contribution in [0.5, 0.6) is 5.75 Å². The van der Waals surface area contributed by atoms with Crippen molar-refractivity contribution in [2.45, 2.75) is 12.8 Å². The standard InChI is InChI=1S/C23H22N2O2S/c26-22(16-19-10-5-2-6-11-19)25-23(28)24-20-12-7-13-21(17-20)27-15-14-18-8-3-1-4-9-18/h1-13,17H,14-16H2,(H2,24,25,26,28). The summed E-state index contributed by atoms with van der Waals surface area (Å²) in [5, 5.41) is 5.99. The van der Waals surface area contributed by atoms with Gasteiger partial charge in [0.05, 0.1) is 13.0 Å². The van der Waals surface area contributed by atoms with Gasteiger partial charge in [-0.05, 0) is 35.5 Å². The SMILES string of the molecule is O=C(Cc1ccccc1)NC(=S)Nc1cccc(OCCc2ccccc2)c1. The molecule has 3 aromatic rings. The number of hydrogen-bond donors (Lipinski definition) is 2. The Labute approximate surface area is 170 Å². The number of anilines is 1. The maximum Gasteiger partial charge on any atom is 0.230 e. The van der Waals surface area contributed by atoms with Crippen LogP contribution in [0.3, 0.4) is 0 Å². The van der Waals surface area contributed by atoms with Gasteiger partial charge in [0.15, 0.2) is 5.11 Å². The van der Waals surface area contributed by atoms with Crippen LogP contribution in [-0.4, -0.2) is 17.6 Å². The Morgan fingerprint density at radius 3 is 2.25 bits per heavy atom. The summed E-state index contributed by atoms with van der Waals surface area (Å²) in [5.74, 6) is 0.596. The molecule has 0 atom stereocenters. The number of carbonyl (C=O) groups is 1. The molecule has 0 saturated carbocycles. The van der Waals surface area contributed by atoms with E-state index >= 15 is 0 Å². The van der Waals surface area contributed by atoms with Gasteiger partial charge in [0, 0.05) is 18.2 Å². The molecule has 0 aromatic heterocycles. The molecule has 0 saturated heterocycles. The minimum atomic E-state index is -0.154. The summed E-state index contributed by atoms with van der Waals surface area (Å²) in [6.07, 6.45) is 1.12. The highest BCUT2D eigenvalue weighted by molar-refractivity contribution is 7.80. The van der Waals surface area contributed by atoms with Crippen molar-refractivity contribution in [1.82, 2.24) is 5.32 Å². The van der Waals surface area contributed by atoms with E-state index in [0.29, 0.717) is 6.61 Å². The number of thiocarbonyl (C=S) groups is 1. The van der Waals surface area contributed by atoms with Crippen LogP contribution in [-0.2, 0) is 17.6 Å². The van der Waals surface area contributed by atoms with Crippen molar-refractivity contribution in [3.8, 4) is 5.75 Å². The van der Waals surface area contributed by atoms with Crippen LogP contribution in [0.15, 0.2) is 84.9 Å². The number of ether oxygens (including phenoxy) is 1. The molecule has 2 N–H and O–H groups in total. The third kappa shape index (κ3) is 6.52. The zero-order valence-electron chi connectivity index (χ0n) is 15.4. The van der Waals surface area contributed by atoms with Crippen LogP contribution in [0.4, 0.5) is 5.69 Å². The van der Waals surface area contributed by atoms with E-state index in [0.717, 1.165) is 23.4 Å². The molecule has 0 aliphatic carbocycles. The summed E-state index contributed by atoms with van der Waals surface area (Å²) < 4.78 is 5.82. The van der Waals surface area contributed by atoms with E-state index in [9.17, 15) is 4.79 Å². The van der Waals surface area contributed by atoms with E-state index in [1.54, 1.807) is 0 Å². The summed E-state index contributed by atoms with van der Waals surface area (Å²) >= 11 is 5.24. The first kappa shape index (κ1) is 19.6. The average Bonchev–Trinajstić information content (AvgIpc) is 2.69. The fourth-order valence-electron chi connectivity index (χ4n) is 2.71. The molecular formula is C23H22N2O2S. The molecule has 3 aromatic carbocycles. The van der Waals surface area contributed by atoms with Gasteiger partial charge < -0.3 is 15.4 Å². The minimum absolute atomic E-state index is 0.154. The second-order valence-corrected chi connectivity index (χ2v) is 6.68. The average molecular weight is 391 g/mol. The van der Waals surface area contributed by atoms with Crippen LogP contribution in [0.2, 0.25) is 0 Å². The molecule has 5 heteroatoms. The van der Waals surface area contributed by atoms with Gasteiger partial charge in [0.2, 0.25) is 5.91 Å². The van der Waals surface area contributed by atoms with Gasteiger partial charge in [-0.1, -0.05) is 66.7 Å². The van der Waals surface area contributed by atoms with E-state index < -0.39 is 0 Å². The predicted octanol–water partition coefficient (Wildman–Crippen LogP) is 4.36. The number of benzene rings is 3. The lowest BCUT2D eigenvalue weighted by atomic mass is 10.1.